The highest BCUT2D eigenvalue weighted by molar-refractivity contribution is 7.17. The maximum atomic E-state index is 13.6. The molecule has 0 radical (unpaired) electrons. The van der Waals surface area contributed by atoms with Crippen LogP contribution < -0.4 is 11.1 Å². The monoisotopic (exact) mass is 474 g/mol. The zero-order chi connectivity index (χ0) is 24.1. The van der Waals surface area contributed by atoms with Gasteiger partial charge >= 0.3 is 0 Å². The molecule has 0 spiro atoms. The first-order valence-electron chi connectivity index (χ1n) is 10.7. The van der Waals surface area contributed by atoms with E-state index in [0.29, 0.717) is 40.5 Å². The summed E-state index contributed by atoms with van der Waals surface area (Å²) in [5, 5.41) is 3.30. The Labute approximate surface area is 200 Å². The smallest absolute Gasteiger partial charge is 0.229 e. The number of carbonyl (C=O) groups excluding carboxylic acids is 2. The van der Waals surface area contributed by atoms with Crippen LogP contribution in [0.1, 0.15) is 39.2 Å². The Balaban J connectivity index is 1.70. The fourth-order valence-electron chi connectivity index (χ4n) is 3.71. The number of rotatable bonds is 9. The second-order valence-corrected chi connectivity index (χ2v) is 8.87. The minimum Gasteiger partial charge on any atom is -0.369 e. The fourth-order valence-corrected chi connectivity index (χ4v) is 4.58. The van der Waals surface area contributed by atoms with Gasteiger partial charge in [0.05, 0.1) is 21.4 Å². The van der Waals surface area contributed by atoms with Crippen LogP contribution in [0.15, 0.2) is 73.1 Å². The van der Waals surface area contributed by atoms with Gasteiger partial charge in [0, 0.05) is 24.5 Å². The number of hydrogen-bond donors (Lipinski definition) is 2. The highest BCUT2D eigenvalue weighted by Gasteiger charge is 2.25. The Morgan fingerprint density at radius 1 is 1.12 bits per heavy atom. The summed E-state index contributed by atoms with van der Waals surface area (Å²) in [6, 6.07) is 17.2. The summed E-state index contributed by atoms with van der Waals surface area (Å²) in [6.45, 7) is 1.99. The molecule has 1 unspecified atom stereocenters. The number of aromatic nitrogens is 2. The van der Waals surface area contributed by atoms with Crippen molar-refractivity contribution in [1.82, 2.24) is 9.97 Å². The number of nitrogens with one attached hydrogen (secondary N) is 1. The minimum atomic E-state index is -0.747. The molecule has 1 atom stereocenters. The van der Waals surface area contributed by atoms with Crippen LogP contribution >= 0.6 is 11.3 Å². The lowest BCUT2D eigenvalue weighted by Crippen LogP contribution is -2.24. The SMILES string of the molecule is CC(=O)c1ccc(-c2ccc(C(C(N)=O)c3cccnc3)c(NCCc3cccc(F)c3)n2)s1. The van der Waals surface area contributed by atoms with Gasteiger partial charge in [-0.15, -0.1) is 11.3 Å². The number of anilines is 1. The van der Waals surface area contributed by atoms with Crippen LogP contribution in [-0.4, -0.2) is 28.2 Å². The summed E-state index contributed by atoms with van der Waals surface area (Å²) < 4.78 is 13.6. The van der Waals surface area contributed by atoms with Crippen molar-refractivity contribution < 1.29 is 14.0 Å². The summed E-state index contributed by atoms with van der Waals surface area (Å²) in [5.41, 5.74) is 8.58. The molecular formula is C26H23FN4O2S. The van der Waals surface area contributed by atoms with E-state index in [9.17, 15) is 14.0 Å². The van der Waals surface area contributed by atoms with Crippen molar-refractivity contribution in [2.24, 2.45) is 5.73 Å². The van der Waals surface area contributed by atoms with Crippen molar-refractivity contribution in [2.45, 2.75) is 19.3 Å². The summed E-state index contributed by atoms with van der Waals surface area (Å²) >= 11 is 1.36. The number of thiophene rings is 1. The van der Waals surface area contributed by atoms with E-state index >= 15 is 0 Å². The van der Waals surface area contributed by atoms with Crippen LogP contribution in [0.3, 0.4) is 0 Å². The van der Waals surface area contributed by atoms with Crippen molar-refractivity contribution in [3.63, 3.8) is 0 Å². The van der Waals surface area contributed by atoms with E-state index in [1.807, 2.05) is 24.3 Å². The average molecular weight is 475 g/mol. The number of pyridine rings is 2. The van der Waals surface area contributed by atoms with Crippen LogP contribution in [0.25, 0.3) is 10.6 Å². The quantitative estimate of drug-likeness (QED) is 0.339. The highest BCUT2D eigenvalue weighted by Crippen LogP contribution is 2.33. The van der Waals surface area contributed by atoms with Gasteiger partial charge in [0.15, 0.2) is 5.78 Å². The fraction of sp³-hybridized carbons (Fsp3) is 0.154. The number of amides is 1. The molecule has 3 N–H and O–H groups in total. The van der Waals surface area contributed by atoms with E-state index in [2.05, 4.69) is 10.3 Å². The van der Waals surface area contributed by atoms with Gasteiger partial charge in [0.2, 0.25) is 5.91 Å². The van der Waals surface area contributed by atoms with E-state index in [1.54, 1.807) is 36.7 Å². The Kier molecular flexibility index (Phi) is 7.08. The maximum absolute atomic E-state index is 13.6. The molecule has 3 heterocycles. The molecule has 172 valence electrons. The number of Topliss-reactive ketones (excluding diaryl/α,β-unsaturated/α-hetero) is 1. The molecule has 0 saturated carbocycles. The Morgan fingerprint density at radius 2 is 1.97 bits per heavy atom. The van der Waals surface area contributed by atoms with Crippen molar-refractivity contribution in [1.29, 1.82) is 0 Å². The molecule has 0 aliphatic rings. The second kappa shape index (κ2) is 10.4. The Morgan fingerprint density at radius 3 is 2.65 bits per heavy atom. The predicted molar refractivity (Wildman–Crippen MR) is 131 cm³/mol. The molecule has 1 amide bonds. The van der Waals surface area contributed by atoms with Crippen LogP contribution in [-0.2, 0) is 11.2 Å². The molecule has 4 aromatic rings. The third kappa shape index (κ3) is 5.35. The third-order valence-corrected chi connectivity index (χ3v) is 6.55. The number of primary amides is 1. The number of nitrogens with zero attached hydrogens (tertiary/aromatic N) is 2. The van der Waals surface area contributed by atoms with Gasteiger partial charge in [-0.1, -0.05) is 24.3 Å². The highest BCUT2D eigenvalue weighted by atomic mass is 32.1. The Hall–Kier alpha value is -3.91. The van der Waals surface area contributed by atoms with Gasteiger partial charge in [-0.25, -0.2) is 9.37 Å². The number of benzene rings is 1. The topological polar surface area (TPSA) is 98.0 Å². The van der Waals surface area contributed by atoms with Gasteiger partial charge < -0.3 is 11.1 Å². The van der Waals surface area contributed by atoms with Crippen LogP contribution in [0.4, 0.5) is 10.2 Å². The summed E-state index contributed by atoms with van der Waals surface area (Å²) in [5.74, 6) is -1.07. The predicted octanol–water partition coefficient (Wildman–Crippen LogP) is 4.82. The molecule has 3 aromatic heterocycles. The average Bonchev–Trinajstić information content (AvgIpc) is 3.31. The zero-order valence-corrected chi connectivity index (χ0v) is 19.3. The number of carbonyl (C=O) groups is 2. The molecule has 34 heavy (non-hydrogen) atoms. The molecule has 0 bridgehead atoms. The molecule has 0 aliphatic heterocycles. The molecule has 8 heteroatoms. The lowest BCUT2D eigenvalue weighted by atomic mass is 9.91. The number of ketones is 1. The normalized spacial score (nSPS) is 11.7. The summed E-state index contributed by atoms with van der Waals surface area (Å²) in [7, 11) is 0. The first-order valence-corrected chi connectivity index (χ1v) is 11.5. The number of halogens is 1. The van der Waals surface area contributed by atoms with Crippen LogP contribution in [0.2, 0.25) is 0 Å². The minimum absolute atomic E-state index is 0.00770. The number of hydrogen-bond acceptors (Lipinski definition) is 6. The van der Waals surface area contributed by atoms with E-state index in [-0.39, 0.29) is 11.6 Å². The van der Waals surface area contributed by atoms with E-state index in [4.69, 9.17) is 10.7 Å². The standard InChI is InChI=1S/C26H23FN4O2S/c1-16(32)22-9-10-23(34-22)21-8-7-20(24(25(28)33)18-5-3-12-29-15-18)26(31-21)30-13-11-17-4-2-6-19(27)14-17/h2-10,12,14-15,24H,11,13H2,1H3,(H2,28,33)(H,30,31). The van der Waals surface area contributed by atoms with Crippen molar-refractivity contribution >= 4 is 28.8 Å². The van der Waals surface area contributed by atoms with Gasteiger partial charge in [-0.05, 0) is 60.9 Å². The molecule has 0 fully saturated rings. The zero-order valence-electron chi connectivity index (χ0n) is 18.5. The summed E-state index contributed by atoms with van der Waals surface area (Å²) in [4.78, 5) is 34.6. The molecule has 1 aromatic carbocycles. The van der Waals surface area contributed by atoms with Crippen LogP contribution in [0.5, 0.6) is 0 Å². The van der Waals surface area contributed by atoms with Gasteiger partial charge in [0.1, 0.15) is 11.6 Å². The number of nitrogens with two attached hydrogens (primary N) is 1. The molecule has 0 saturated heterocycles. The van der Waals surface area contributed by atoms with Crippen LogP contribution in [0, 0.1) is 5.82 Å². The van der Waals surface area contributed by atoms with Crippen molar-refractivity contribution in [3.8, 4) is 10.6 Å². The lowest BCUT2D eigenvalue weighted by Gasteiger charge is -2.19. The second-order valence-electron chi connectivity index (χ2n) is 7.78. The first-order chi connectivity index (χ1) is 16.4. The first kappa shape index (κ1) is 23.3. The van der Waals surface area contributed by atoms with E-state index in [0.717, 1.165) is 10.4 Å². The summed E-state index contributed by atoms with van der Waals surface area (Å²) in [6.07, 6.45) is 3.80. The van der Waals surface area contributed by atoms with Gasteiger partial charge in [-0.2, -0.15) is 0 Å². The van der Waals surface area contributed by atoms with E-state index < -0.39 is 11.8 Å². The van der Waals surface area contributed by atoms with E-state index in [1.165, 1.54) is 30.4 Å². The molecular weight excluding hydrogens is 451 g/mol. The van der Waals surface area contributed by atoms with Crippen molar-refractivity contribution in [3.05, 3.63) is 100 Å². The molecule has 4 rings (SSSR count). The largest absolute Gasteiger partial charge is 0.369 e. The molecule has 0 aliphatic carbocycles. The maximum Gasteiger partial charge on any atom is 0.229 e. The van der Waals surface area contributed by atoms with Crippen molar-refractivity contribution in [2.75, 3.05) is 11.9 Å². The Bertz CT molecular complexity index is 1320. The van der Waals surface area contributed by atoms with Gasteiger partial charge in [-0.3, -0.25) is 14.6 Å². The third-order valence-electron chi connectivity index (χ3n) is 5.34. The molecule has 6 nitrogen and oxygen atoms in total. The van der Waals surface area contributed by atoms with Gasteiger partial charge in [0.25, 0.3) is 0 Å². The lowest BCUT2D eigenvalue weighted by molar-refractivity contribution is -0.118.